The van der Waals surface area contributed by atoms with Crippen LogP contribution < -0.4 is 5.32 Å². The van der Waals surface area contributed by atoms with Crippen molar-refractivity contribution in [3.05, 3.63) is 34.6 Å². The third-order valence-electron chi connectivity index (χ3n) is 2.77. The van der Waals surface area contributed by atoms with Gasteiger partial charge in [0.1, 0.15) is 6.04 Å². The average molecular weight is 324 g/mol. The van der Waals surface area contributed by atoms with Gasteiger partial charge in [-0.1, -0.05) is 21.1 Å². The van der Waals surface area contributed by atoms with Gasteiger partial charge in [-0.2, -0.15) is 4.98 Å². The Kier molecular flexibility index (Phi) is 3.20. The quantitative estimate of drug-likeness (QED) is 0.919. The lowest BCUT2D eigenvalue weighted by molar-refractivity contribution is 0.109. The van der Waals surface area contributed by atoms with E-state index in [0.717, 1.165) is 10.0 Å². The van der Waals surface area contributed by atoms with E-state index in [2.05, 4.69) is 31.4 Å². The fourth-order valence-corrected chi connectivity index (χ4v) is 2.07. The molecule has 1 atom stereocenters. The van der Waals surface area contributed by atoms with Gasteiger partial charge in [0.2, 0.25) is 11.7 Å². The van der Waals surface area contributed by atoms with Crippen molar-refractivity contribution in [3.63, 3.8) is 0 Å². The summed E-state index contributed by atoms with van der Waals surface area (Å²) in [6, 6.07) is 7.31. The molecule has 1 amide bonds. The molecule has 7 heteroatoms. The highest BCUT2D eigenvalue weighted by molar-refractivity contribution is 9.10. The maximum absolute atomic E-state index is 11.1. The highest BCUT2D eigenvalue weighted by Crippen LogP contribution is 2.23. The van der Waals surface area contributed by atoms with Crippen molar-refractivity contribution in [2.24, 2.45) is 0 Å². The topological polar surface area (TPSA) is 77.3 Å². The second kappa shape index (κ2) is 5.00. The van der Waals surface area contributed by atoms with Crippen molar-refractivity contribution >= 4 is 22.0 Å². The van der Waals surface area contributed by atoms with Crippen molar-refractivity contribution in [1.82, 2.24) is 15.5 Å². The minimum Gasteiger partial charge on any atom is -0.449 e. The van der Waals surface area contributed by atoms with E-state index >= 15 is 0 Å². The zero-order valence-corrected chi connectivity index (χ0v) is 11.4. The summed E-state index contributed by atoms with van der Waals surface area (Å²) in [5.41, 5.74) is 0.858. The Hall–Kier alpha value is -1.89. The van der Waals surface area contributed by atoms with Crippen LogP contribution in [0.25, 0.3) is 11.4 Å². The van der Waals surface area contributed by atoms with Crippen LogP contribution in [-0.4, -0.2) is 22.8 Å². The maximum Gasteiger partial charge on any atom is 0.407 e. The molecule has 2 heterocycles. The SMILES string of the molecule is O=C1NC(c2nc(-c3ccc(Br)cc3)no2)CCO1. The molecule has 1 N–H and O–H groups in total. The van der Waals surface area contributed by atoms with Gasteiger partial charge in [0, 0.05) is 16.5 Å². The number of alkyl carbamates (subject to hydrolysis) is 1. The zero-order chi connectivity index (χ0) is 13.2. The smallest absolute Gasteiger partial charge is 0.407 e. The van der Waals surface area contributed by atoms with Crippen LogP contribution in [0.5, 0.6) is 0 Å². The third kappa shape index (κ3) is 2.60. The minimum atomic E-state index is -0.459. The van der Waals surface area contributed by atoms with Crippen LogP contribution in [-0.2, 0) is 4.74 Å². The number of rotatable bonds is 2. The summed E-state index contributed by atoms with van der Waals surface area (Å²) in [5, 5.41) is 6.56. The molecular formula is C12H10BrN3O3. The van der Waals surface area contributed by atoms with Crippen LogP contribution >= 0.6 is 15.9 Å². The Labute approximate surface area is 117 Å². The number of cyclic esters (lactones) is 1. The van der Waals surface area contributed by atoms with E-state index in [0.29, 0.717) is 24.7 Å². The molecule has 1 saturated heterocycles. The lowest BCUT2D eigenvalue weighted by atomic mass is 10.2. The number of nitrogens with zero attached hydrogens (tertiary/aromatic N) is 2. The van der Waals surface area contributed by atoms with Gasteiger partial charge in [0.05, 0.1) is 6.61 Å². The number of halogens is 1. The van der Waals surface area contributed by atoms with Crippen molar-refractivity contribution in [3.8, 4) is 11.4 Å². The molecule has 0 spiro atoms. The molecule has 19 heavy (non-hydrogen) atoms. The summed E-state index contributed by atoms with van der Waals surface area (Å²) in [5.74, 6) is 0.901. The fraction of sp³-hybridized carbons (Fsp3) is 0.250. The van der Waals surface area contributed by atoms with Crippen molar-refractivity contribution in [2.45, 2.75) is 12.5 Å². The Morgan fingerprint density at radius 2 is 2.11 bits per heavy atom. The molecule has 0 saturated carbocycles. The fourth-order valence-electron chi connectivity index (χ4n) is 1.80. The Bertz CT molecular complexity index is 597. The molecule has 1 unspecified atom stereocenters. The van der Waals surface area contributed by atoms with E-state index in [9.17, 15) is 4.79 Å². The number of nitrogens with one attached hydrogen (secondary N) is 1. The summed E-state index contributed by atoms with van der Waals surface area (Å²) in [6.45, 7) is 0.354. The summed E-state index contributed by atoms with van der Waals surface area (Å²) in [6.07, 6.45) is 0.160. The zero-order valence-electron chi connectivity index (χ0n) is 9.80. The van der Waals surface area contributed by atoms with Gasteiger partial charge in [-0.15, -0.1) is 0 Å². The lowest BCUT2D eigenvalue weighted by Crippen LogP contribution is -2.35. The van der Waals surface area contributed by atoms with E-state index in [-0.39, 0.29) is 6.04 Å². The lowest BCUT2D eigenvalue weighted by Gasteiger charge is -2.19. The van der Waals surface area contributed by atoms with Crippen molar-refractivity contribution in [2.75, 3.05) is 6.61 Å². The summed E-state index contributed by atoms with van der Waals surface area (Å²) in [4.78, 5) is 15.4. The molecule has 0 aliphatic carbocycles. The first-order valence-corrected chi connectivity index (χ1v) is 6.54. The maximum atomic E-state index is 11.1. The number of ether oxygens (including phenoxy) is 1. The Morgan fingerprint density at radius 3 is 2.84 bits per heavy atom. The predicted molar refractivity (Wildman–Crippen MR) is 69.3 cm³/mol. The number of hydrogen-bond acceptors (Lipinski definition) is 5. The van der Waals surface area contributed by atoms with E-state index < -0.39 is 6.09 Å². The number of aromatic nitrogens is 2. The predicted octanol–water partition coefficient (Wildman–Crippen LogP) is 2.67. The number of amides is 1. The number of carbonyl (C=O) groups is 1. The van der Waals surface area contributed by atoms with Crippen LogP contribution in [0.2, 0.25) is 0 Å². The molecule has 0 bridgehead atoms. The molecule has 98 valence electrons. The molecule has 1 aliphatic heterocycles. The van der Waals surface area contributed by atoms with Crippen LogP contribution in [0.3, 0.4) is 0 Å². The minimum absolute atomic E-state index is 0.280. The standard InChI is InChI=1S/C12H10BrN3O3/c13-8-3-1-7(2-4-8)10-15-11(19-16-10)9-5-6-18-12(17)14-9/h1-4,9H,5-6H2,(H,14,17). The van der Waals surface area contributed by atoms with Crippen LogP contribution in [0, 0.1) is 0 Å². The van der Waals surface area contributed by atoms with E-state index in [1.54, 1.807) is 0 Å². The first-order chi connectivity index (χ1) is 9.22. The molecule has 1 aliphatic rings. The highest BCUT2D eigenvalue weighted by Gasteiger charge is 2.26. The van der Waals surface area contributed by atoms with Gasteiger partial charge in [-0.05, 0) is 24.3 Å². The van der Waals surface area contributed by atoms with E-state index in [1.807, 2.05) is 24.3 Å². The van der Waals surface area contributed by atoms with Gasteiger partial charge in [0.25, 0.3) is 0 Å². The van der Waals surface area contributed by atoms with Gasteiger partial charge in [0.15, 0.2) is 0 Å². The first kappa shape index (κ1) is 12.2. The molecule has 1 aromatic heterocycles. The summed E-state index contributed by atoms with van der Waals surface area (Å²) < 4.78 is 11.0. The average Bonchev–Trinajstić information content (AvgIpc) is 2.89. The van der Waals surface area contributed by atoms with Gasteiger partial charge < -0.3 is 14.6 Å². The Balaban J connectivity index is 1.82. The molecular weight excluding hydrogens is 314 g/mol. The largest absolute Gasteiger partial charge is 0.449 e. The van der Waals surface area contributed by atoms with Gasteiger partial charge in [-0.25, -0.2) is 4.79 Å². The van der Waals surface area contributed by atoms with Gasteiger partial charge in [-0.3, -0.25) is 0 Å². The highest BCUT2D eigenvalue weighted by atomic mass is 79.9. The number of carbonyl (C=O) groups excluding carboxylic acids is 1. The first-order valence-electron chi connectivity index (χ1n) is 5.75. The normalized spacial score (nSPS) is 18.8. The third-order valence-corrected chi connectivity index (χ3v) is 3.30. The van der Waals surface area contributed by atoms with Crippen molar-refractivity contribution in [1.29, 1.82) is 0 Å². The number of hydrogen-bond donors (Lipinski definition) is 1. The van der Waals surface area contributed by atoms with Gasteiger partial charge >= 0.3 is 6.09 Å². The molecule has 0 radical (unpaired) electrons. The molecule has 1 aromatic carbocycles. The van der Waals surface area contributed by atoms with Crippen molar-refractivity contribution < 1.29 is 14.1 Å². The second-order valence-electron chi connectivity index (χ2n) is 4.08. The second-order valence-corrected chi connectivity index (χ2v) is 5.00. The van der Waals surface area contributed by atoms with E-state index in [4.69, 9.17) is 9.26 Å². The molecule has 6 nitrogen and oxygen atoms in total. The summed E-state index contributed by atoms with van der Waals surface area (Å²) in [7, 11) is 0. The molecule has 1 fully saturated rings. The summed E-state index contributed by atoms with van der Waals surface area (Å²) >= 11 is 3.37. The Morgan fingerprint density at radius 1 is 1.32 bits per heavy atom. The monoisotopic (exact) mass is 323 g/mol. The van der Waals surface area contributed by atoms with Crippen LogP contribution in [0.4, 0.5) is 4.79 Å². The molecule has 2 aromatic rings. The van der Waals surface area contributed by atoms with E-state index in [1.165, 1.54) is 0 Å². The molecule has 3 rings (SSSR count). The van der Waals surface area contributed by atoms with Crippen LogP contribution in [0.15, 0.2) is 33.3 Å². The van der Waals surface area contributed by atoms with Crippen LogP contribution in [0.1, 0.15) is 18.4 Å². The number of benzene rings is 1.